The molecule has 0 N–H and O–H groups in total. The second kappa shape index (κ2) is 8.31. The molecule has 1 rings (SSSR count). The summed E-state index contributed by atoms with van der Waals surface area (Å²) in [4.78, 5) is 9.89. The van der Waals surface area contributed by atoms with Gasteiger partial charge in [0.15, 0.2) is 0 Å². The van der Waals surface area contributed by atoms with Gasteiger partial charge in [0.2, 0.25) is 0 Å². The van der Waals surface area contributed by atoms with Crippen LogP contribution < -0.4 is 0 Å². The molecule has 0 radical (unpaired) electrons. The number of benzene rings is 1. The van der Waals surface area contributed by atoms with Gasteiger partial charge in [0, 0.05) is 0 Å². The summed E-state index contributed by atoms with van der Waals surface area (Å²) in [7, 11) is 0. The van der Waals surface area contributed by atoms with E-state index in [4.69, 9.17) is 13.3 Å². The van der Waals surface area contributed by atoms with Crippen LogP contribution in [0, 0.1) is 0 Å². The van der Waals surface area contributed by atoms with Crippen LogP contribution >= 0.6 is 0 Å². The Morgan fingerprint density at radius 3 is 2.07 bits per heavy atom. The number of hydrogen-bond acceptors (Lipinski definition) is 4. The zero-order valence-corrected chi connectivity index (χ0v) is 7.98. The third kappa shape index (κ3) is 8.79. The Hall–Kier alpha value is -1.30. The van der Waals surface area contributed by atoms with Crippen molar-refractivity contribution in [3.05, 3.63) is 42.0 Å². The van der Waals surface area contributed by atoms with Crippen LogP contribution in [0.2, 0.25) is 0 Å². The summed E-state index contributed by atoms with van der Waals surface area (Å²) in [5, 5.41) is 0. The Bertz CT molecular complexity index is 304. The number of rotatable bonds is 2. The first-order valence-corrected chi connectivity index (χ1v) is 4.60. The number of carbonyl (C=O) groups is 1. The smallest absolute Gasteiger partial charge is 0.142 e. The largest absolute Gasteiger partial charge is 0.784 e. The van der Waals surface area contributed by atoms with Crippen LogP contribution in [0.5, 0.6) is 0 Å². The fraction of sp³-hybridized carbons (Fsp3) is 0. The van der Waals surface area contributed by atoms with Gasteiger partial charge < -0.3 is 9.11 Å². The molecule has 4 nitrogen and oxygen atoms in total. The maximum absolute atomic E-state index is 9.89. The van der Waals surface area contributed by atoms with Crippen LogP contribution in [-0.4, -0.2) is 19.6 Å². The average molecular weight is 212 g/mol. The van der Waals surface area contributed by atoms with Gasteiger partial charge in [-0.3, -0.25) is 9.00 Å². The first-order valence-electron chi connectivity index (χ1n) is 3.60. The molecule has 0 aliphatic rings. The number of hydrogen-bond donors (Lipinski definition) is 0. The zero-order chi connectivity index (χ0) is 10.8. The number of allylic oxidation sites excluding steroid dienone is 1. The van der Waals surface area contributed by atoms with Gasteiger partial charge in [-0.15, -0.1) is 11.4 Å². The number of carbonyl (C=O) groups excluding carboxylic acids is 1. The summed E-state index contributed by atoms with van der Waals surface area (Å²) in [6.07, 6.45) is 4.02. The summed E-state index contributed by atoms with van der Waals surface area (Å²) >= 11 is -3.11. The molecule has 0 saturated carbocycles. The lowest BCUT2D eigenvalue weighted by Gasteiger charge is -2.03. The molecular formula is C9H8O4S-2. The lowest BCUT2D eigenvalue weighted by molar-refractivity contribution is -0.104. The molecule has 1 aromatic rings. The van der Waals surface area contributed by atoms with Crippen molar-refractivity contribution in [1.82, 2.24) is 0 Å². The van der Waals surface area contributed by atoms with E-state index >= 15 is 0 Å². The van der Waals surface area contributed by atoms with Crippen molar-refractivity contribution < 1.29 is 18.1 Å². The van der Waals surface area contributed by atoms with Crippen LogP contribution in [0.1, 0.15) is 5.56 Å². The van der Waals surface area contributed by atoms with Crippen molar-refractivity contribution in [2.24, 2.45) is 0 Å². The van der Waals surface area contributed by atoms with Crippen molar-refractivity contribution in [3.63, 3.8) is 0 Å². The van der Waals surface area contributed by atoms with Crippen molar-refractivity contribution in [3.8, 4) is 0 Å². The standard InChI is InChI=1S/C9H8O.H2O3S/c10-8-4-7-9-5-2-1-3-6-9;1-4(2)3/h1-8H;(H2,1,2,3)/p-2/b7-4+;. The van der Waals surface area contributed by atoms with Crippen molar-refractivity contribution in [1.29, 1.82) is 0 Å². The predicted molar refractivity (Wildman–Crippen MR) is 51.2 cm³/mol. The molecular weight excluding hydrogens is 204 g/mol. The van der Waals surface area contributed by atoms with E-state index in [0.717, 1.165) is 11.8 Å². The molecule has 0 fully saturated rings. The molecule has 0 aliphatic carbocycles. The Balaban J connectivity index is 0.000000364. The summed E-state index contributed by atoms with van der Waals surface area (Å²) in [5.41, 5.74) is 1.05. The van der Waals surface area contributed by atoms with Gasteiger partial charge >= 0.3 is 0 Å². The predicted octanol–water partition coefficient (Wildman–Crippen LogP) is 0.895. The monoisotopic (exact) mass is 212 g/mol. The van der Waals surface area contributed by atoms with E-state index in [1.807, 2.05) is 30.3 Å². The summed E-state index contributed by atoms with van der Waals surface area (Å²) in [6, 6.07) is 9.70. The first kappa shape index (κ1) is 12.7. The Morgan fingerprint density at radius 1 is 1.14 bits per heavy atom. The molecule has 0 spiro atoms. The minimum absolute atomic E-state index is 0.771. The molecule has 1 aromatic carbocycles. The molecule has 0 aromatic heterocycles. The lowest BCUT2D eigenvalue weighted by atomic mass is 10.2. The van der Waals surface area contributed by atoms with Crippen LogP contribution in [-0.2, 0) is 16.2 Å². The highest BCUT2D eigenvalue weighted by molar-refractivity contribution is 7.72. The summed E-state index contributed by atoms with van der Waals surface area (Å²) < 4.78 is 25.3. The summed E-state index contributed by atoms with van der Waals surface area (Å²) in [6.45, 7) is 0. The van der Waals surface area contributed by atoms with Gasteiger partial charge in [-0.05, 0) is 11.6 Å². The fourth-order valence-corrected chi connectivity index (χ4v) is 0.715. The van der Waals surface area contributed by atoms with E-state index in [0.29, 0.717) is 0 Å². The van der Waals surface area contributed by atoms with Gasteiger partial charge in [0.1, 0.15) is 6.29 Å². The second-order valence-electron chi connectivity index (χ2n) is 2.11. The van der Waals surface area contributed by atoms with Crippen molar-refractivity contribution in [2.45, 2.75) is 0 Å². The third-order valence-corrected chi connectivity index (χ3v) is 1.17. The second-order valence-corrected chi connectivity index (χ2v) is 2.52. The average Bonchev–Trinajstić information content (AvgIpc) is 2.15. The van der Waals surface area contributed by atoms with Gasteiger partial charge in [-0.2, -0.15) is 0 Å². The molecule has 0 bridgehead atoms. The molecule has 0 saturated heterocycles. The van der Waals surface area contributed by atoms with E-state index in [-0.39, 0.29) is 0 Å². The van der Waals surface area contributed by atoms with Gasteiger partial charge in [-0.1, -0.05) is 36.4 Å². The van der Waals surface area contributed by atoms with Gasteiger partial charge in [-0.25, -0.2) is 0 Å². The molecule has 0 heterocycles. The zero-order valence-electron chi connectivity index (χ0n) is 7.16. The summed E-state index contributed by atoms with van der Waals surface area (Å²) in [5.74, 6) is 0. The molecule has 14 heavy (non-hydrogen) atoms. The highest BCUT2D eigenvalue weighted by atomic mass is 32.2. The Labute approximate surface area is 84.4 Å². The van der Waals surface area contributed by atoms with Gasteiger partial charge in [0.05, 0.1) is 0 Å². The fourth-order valence-electron chi connectivity index (χ4n) is 0.715. The van der Waals surface area contributed by atoms with E-state index in [9.17, 15) is 4.79 Å². The molecule has 5 heteroatoms. The van der Waals surface area contributed by atoms with Crippen LogP contribution in [0.3, 0.4) is 0 Å². The number of aldehydes is 1. The van der Waals surface area contributed by atoms with E-state index in [1.54, 1.807) is 6.08 Å². The van der Waals surface area contributed by atoms with E-state index in [1.165, 1.54) is 6.08 Å². The SMILES string of the molecule is O=C/C=C/c1ccccc1.O=S([O-])[O-]. The quantitative estimate of drug-likeness (QED) is 0.414. The first-order chi connectivity index (χ1) is 6.66. The minimum atomic E-state index is -3.11. The van der Waals surface area contributed by atoms with Crippen LogP contribution in [0.4, 0.5) is 0 Å². The van der Waals surface area contributed by atoms with Crippen molar-refractivity contribution >= 4 is 23.7 Å². The lowest BCUT2D eigenvalue weighted by Crippen LogP contribution is -1.76. The highest BCUT2D eigenvalue weighted by Crippen LogP contribution is 1.99. The Kier molecular flexibility index (Phi) is 7.53. The molecule has 0 aliphatic heterocycles. The van der Waals surface area contributed by atoms with E-state index < -0.39 is 11.4 Å². The minimum Gasteiger partial charge on any atom is -0.784 e. The third-order valence-electron chi connectivity index (χ3n) is 1.17. The topological polar surface area (TPSA) is 80.3 Å². The Morgan fingerprint density at radius 2 is 1.64 bits per heavy atom. The molecule has 0 amide bonds. The van der Waals surface area contributed by atoms with Crippen LogP contribution in [0.25, 0.3) is 6.08 Å². The van der Waals surface area contributed by atoms with Crippen LogP contribution in [0.15, 0.2) is 36.4 Å². The van der Waals surface area contributed by atoms with Gasteiger partial charge in [0.25, 0.3) is 0 Å². The molecule has 76 valence electrons. The maximum atomic E-state index is 9.89. The molecule has 0 unspecified atom stereocenters. The highest BCUT2D eigenvalue weighted by Gasteiger charge is 1.79. The maximum Gasteiger partial charge on any atom is 0.142 e. The van der Waals surface area contributed by atoms with Crippen molar-refractivity contribution in [2.75, 3.05) is 0 Å². The molecule has 0 atom stereocenters. The van der Waals surface area contributed by atoms with E-state index in [2.05, 4.69) is 0 Å². The normalized spacial score (nSPS) is 9.64.